The minimum atomic E-state index is -0.108. The molecule has 0 aliphatic rings. The predicted molar refractivity (Wildman–Crippen MR) is 101 cm³/mol. The monoisotopic (exact) mass is 354 g/mol. The fourth-order valence-electron chi connectivity index (χ4n) is 2.42. The second kappa shape index (κ2) is 6.94. The van der Waals surface area contributed by atoms with Gasteiger partial charge in [0.1, 0.15) is 5.04 Å². The lowest BCUT2D eigenvalue weighted by molar-refractivity contribution is 0.232. The van der Waals surface area contributed by atoms with Gasteiger partial charge in [0.2, 0.25) is 5.88 Å². The number of aromatic nitrogens is 3. The van der Waals surface area contributed by atoms with Crippen LogP contribution in [-0.4, -0.2) is 31.3 Å². The van der Waals surface area contributed by atoms with Crippen LogP contribution in [-0.2, 0) is 0 Å². The van der Waals surface area contributed by atoms with Gasteiger partial charge in [0.05, 0.1) is 24.2 Å². The third kappa shape index (κ3) is 3.80. The number of nitrogens with zero attached hydrogens (tertiary/aromatic N) is 2. The number of amidine groups is 1. The van der Waals surface area contributed by atoms with Crippen LogP contribution in [0.4, 0.5) is 0 Å². The van der Waals surface area contributed by atoms with Crippen molar-refractivity contribution in [2.75, 3.05) is 0 Å². The lowest BCUT2D eigenvalue weighted by atomic mass is 10.1. The van der Waals surface area contributed by atoms with Crippen LogP contribution in [0.2, 0.25) is 0 Å². The summed E-state index contributed by atoms with van der Waals surface area (Å²) in [5, 5.41) is 16.4. The number of fused-ring (bicyclic) bond motifs is 1. The van der Waals surface area contributed by atoms with E-state index in [9.17, 15) is 0 Å². The first-order valence-corrected chi connectivity index (χ1v) is 8.46. The summed E-state index contributed by atoms with van der Waals surface area (Å²) in [5.41, 5.74) is 8.55. The van der Waals surface area contributed by atoms with Gasteiger partial charge in [0.25, 0.3) is 0 Å². The second-order valence-corrected chi connectivity index (χ2v) is 6.72. The largest absolute Gasteiger partial charge is 0.474 e. The lowest BCUT2D eigenvalue weighted by Crippen LogP contribution is -2.08. The first-order valence-electron chi connectivity index (χ1n) is 7.65. The number of benzene rings is 1. The number of aromatic amines is 1. The molecule has 128 valence electrons. The summed E-state index contributed by atoms with van der Waals surface area (Å²) in [7, 11) is 0. The predicted octanol–water partition coefficient (Wildman–Crippen LogP) is 3.36. The van der Waals surface area contributed by atoms with Crippen molar-refractivity contribution in [1.82, 2.24) is 15.0 Å². The maximum absolute atomic E-state index is 8.06. The maximum Gasteiger partial charge on any atom is 0.233 e. The Kier molecular flexibility index (Phi) is 4.71. The summed E-state index contributed by atoms with van der Waals surface area (Å²) in [4.78, 5) is 11.9. The average Bonchev–Trinajstić information content (AvgIpc) is 2.96. The van der Waals surface area contributed by atoms with Crippen molar-refractivity contribution in [3.05, 3.63) is 42.4 Å². The Hall–Kier alpha value is -2.87. The van der Waals surface area contributed by atoms with Crippen LogP contribution in [0.3, 0.4) is 0 Å². The summed E-state index contributed by atoms with van der Waals surface area (Å²) < 4.78 is 5.61. The number of nitrogens with two attached hydrogens (primary N) is 1. The molecule has 8 heteroatoms. The van der Waals surface area contributed by atoms with Gasteiger partial charge in [-0.2, -0.15) is 0 Å². The molecule has 3 rings (SSSR count). The first-order chi connectivity index (χ1) is 11.9. The molecule has 0 atom stereocenters. The Morgan fingerprint density at radius 3 is 2.80 bits per heavy atom. The Labute approximate surface area is 149 Å². The van der Waals surface area contributed by atoms with Crippen LogP contribution in [0.25, 0.3) is 22.2 Å². The van der Waals surface area contributed by atoms with Crippen molar-refractivity contribution in [3.8, 4) is 17.1 Å². The number of H-pyrrole nitrogens is 1. The van der Waals surface area contributed by atoms with Gasteiger partial charge in [0.15, 0.2) is 5.17 Å². The molecule has 0 radical (unpaired) electrons. The van der Waals surface area contributed by atoms with E-state index in [2.05, 4.69) is 15.0 Å². The second-order valence-electron chi connectivity index (χ2n) is 5.67. The number of hydrogen-bond acceptors (Lipinski definition) is 6. The smallest absolute Gasteiger partial charge is 0.233 e. The van der Waals surface area contributed by atoms with Crippen molar-refractivity contribution in [2.45, 2.75) is 20.0 Å². The molecular weight excluding hydrogens is 336 g/mol. The highest BCUT2D eigenvalue weighted by atomic mass is 32.2. The topological polar surface area (TPSA) is 125 Å². The Balaban J connectivity index is 2.02. The Morgan fingerprint density at radius 1 is 1.28 bits per heavy atom. The molecule has 1 aromatic carbocycles. The molecule has 0 fully saturated rings. The summed E-state index contributed by atoms with van der Waals surface area (Å²) in [5.74, 6) is 0.470. The molecule has 0 amide bonds. The standard InChI is InChI=1S/C17H18N6OS/c1-9(2)24-15-8-21-7-14(23-15)12-6-22-13-4-3-10(5-11(12)13)16(18)25-17(19)20/h3-9,18,22H,1-2H3,(H3,19,20). The van der Waals surface area contributed by atoms with Crippen LogP contribution in [0.15, 0.2) is 36.8 Å². The van der Waals surface area contributed by atoms with E-state index in [-0.39, 0.29) is 16.3 Å². The number of rotatable bonds is 4. The number of ether oxygens (including phenoxy) is 1. The van der Waals surface area contributed by atoms with Crippen LogP contribution >= 0.6 is 11.8 Å². The van der Waals surface area contributed by atoms with Gasteiger partial charge in [-0.3, -0.25) is 15.8 Å². The molecule has 2 aromatic heterocycles. The van der Waals surface area contributed by atoms with E-state index in [0.29, 0.717) is 17.1 Å². The zero-order chi connectivity index (χ0) is 18.0. The van der Waals surface area contributed by atoms with Crippen molar-refractivity contribution in [1.29, 1.82) is 10.8 Å². The third-order valence-corrected chi connectivity index (χ3v) is 4.06. The maximum atomic E-state index is 8.06. The summed E-state index contributed by atoms with van der Waals surface area (Å²) in [6.45, 7) is 3.87. The van der Waals surface area contributed by atoms with Gasteiger partial charge < -0.3 is 15.5 Å². The molecule has 2 heterocycles. The van der Waals surface area contributed by atoms with E-state index in [1.54, 1.807) is 12.4 Å². The number of hydrogen-bond donors (Lipinski definition) is 4. The van der Waals surface area contributed by atoms with Gasteiger partial charge in [-0.15, -0.1) is 0 Å². The average molecular weight is 354 g/mol. The minimum Gasteiger partial charge on any atom is -0.474 e. The summed E-state index contributed by atoms with van der Waals surface area (Å²) in [6.07, 6.45) is 5.14. The van der Waals surface area contributed by atoms with Crippen molar-refractivity contribution in [3.63, 3.8) is 0 Å². The Bertz CT molecular complexity index is 949. The molecule has 5 N–H and O–H groups in total. The van der Waals surface area contributed by atoms with Gasteiger partial charge >= 0.3 is 0 Å². The van der Waals surface area contributed by atoms with E-state index in [4.69, 9.17) is 21.3 Å². The lowest BCUT2D eigenvalue weighted by Gasteiger charge is -2.09. The molecule has 3 aromatic rings. The quantitative estimate of drug-likeness (QED) is 0.422. The summed E-state index contributed by atoms with van der Waals surface area (Å²) in [6, 6.07) is 5.60. The van der Waals surface area contributed by atoms with Crippen LogP contribution in [0.1, 0.15) is 19.4 Å². The number of thioether (sulfide) groups is 1. The highest BCUT2D eigenvalue weighted by molar-refractivity contribution is 8.26. The molecule has 0 bridgehead atoms. The molecule has 7 nitrogen and oxygen atoms in total. The molecule has 0 aliphatic carbocycles. The summed E-state index contributed by atoms with van der Waals surface area (Å²) >= 11 is 0.916. The van der Waals surface area contributed by atoms with Crippen molar-refractivity contribution >= 4 is 32.9 Å². The number of nitrogens with one attached hydrogen (secondary N) is 3. The molecule has 0 saturated heterocycles. The molecule has 0 unspecified atom stereocenters. The minimum absolute atomic E-state index is 0.0169. The molecule has 0 aliphatic heterocycles. The fourth-order valence-corrected chi connectivity index (χ4v) is 2.88. The highest BCUT2D eigenvalue weighted by Gasteiger charge is 2.12. The van der Waals surface area contributed by atoms with E-state index in [0.717, 1.165) is 28.2 Å². The zero-order valence-corrected chi connectivity index (χ0v) is 14.6. The van der Waals surface area contributed by atoms with Gasteiger partial charge in [-0.05, 0) is 37.7 Å². The van der Waals surface area contributed by atoms with Crippen LogP contribution in [0.5, 0.6) is 5.88 Å². The van der Waals surface area contributed by atoms with E-state index < -0.39 is 0 Å². The van der Waals surface area contributed by atoms with Gasteiger partial charge in [-0.1, -0.05) is 6.07 Å². The van der Waals surface area contributed by atoms with E-state index >= 15 is 0 Å². The first kappa shape index (κ1) is 17.0. The zero-order valence-electron chi connectivity index (χ0n) is 13.8. The van der Waals surface area contributed by atoms with Gasteiger partial charge in [0, 0.05) is 28.2 Å². The van der Waals surface area contributed by atoms with E-state index in [1.807, 2.05) is 38.2 Å². The fraction of sp³-hybridized carbons (Fsp3) is 0.176. The van der Waals surface area contributed by atoms with Gasteiger partial charge in [-0.25, -0.2) is 4.98 Å². The van der Waals surface area contributed by atoms with E-state index in [1.165, 1.54) is 0 Å². The third-order valence-electron chi connectivity index (χ3n) is 3.40. The molecule has 0 spiro atoms. The normalized spacial score (nSPS) is 11.0. The SMILES string of the molecule is CC(C)Oc1cncc(-c2c[nH]c3ccc(C(=N)SC(=N)N)cc23)n1. The molecular formula is C17H18N6OS. The van der Waals surface area contributed by atoms with Crippen LogP contribution < -0.4 is 10.5 Å². The Morgan fingerprint density at radius 2 is 2.08 bits per heavy atom. The molecule has 25 heavy (non-hydrogen) atoms. The van der Waals surface area contributed by atoms with Crippen molar-refractivity contribution in [2.24, 2.45) is 5.73 Å². The van der Waals surface area contributed by atoms with Crippen molar-refractivity contribution < 1.29 is 4.74 Å². The van der Waals surface area contributed by atoms with Crippen LogP contribution in [0, 0.1) is 10.8 Å². The molecule has 0 saturated carbocycles. The highest BCUT2D eigenvalue weighted by Crippen LogP contribution is 2.29.